The van der Waals surface area contributed by atoms with Gasteiger partial charge in [-0.2, -0.15) is 4.80 Å². The Morgan fingerprint density at radius 2 is 1.85 bits per heavy atom. The summed E-state index contributed by atoms with van der Waals surface area (Å²) in [6.45, 7) is 1.98. The standard InChI is InChI=1S/C29H32N6O4/c1-20-9-13-22(14-10-20)28-31-33-35(32-28)19-26(36)34(18-21-11-15-24(38-2)16-12-21)27(25-8-5-17-39-25)29(37)30-23-6-3-4-7-23/h5,8-17,23,27H,3-4,6-7,18-19H2,1-2H3,(H,30,37)/t27-/m0/s1. The van der Waals surface area contributed by atoms with E-state index in [2.05, 4.69) is 20.7 Å². The van der Waals surface area contributed by atoms with Crippen LogP contribution in [-0.4, -0.2) is 50.1 Å². The highest BCUT2D eigenvalue weighted by Gasteiger charge is 2.35. The molecule has 1 aliphatic rings. The number of tetrazole rings is 1. The molecule has 1 atom stereocenters. The average Bonchev–Trinajstić information content (AvgIpc) is 3.73. The minimum atomic E-state index is -0.963. The van der Waals surface area contributed by atoms with E-state index in [1.165, 1.54) is 16.0 Å². The Morgan fingerprint density at radius 1 is 1.10 bits per heavy atom. The number of amides is 2. The number of furan rings is 1. The van der Waals surface area contributed by atoms with Crippen LogP contribution in [0.25, 0.3) is 11.4 Å². The summed E-state index contributed by atoms with van der Waals surface area (Å²) in [6.07, 6.45) is 5.51. The Balaban J connectivity index is 1.43. The third-order valence-corrected chi connectivity index (χ3v) is 6.95. The monoisotopic (exact) mass is 528 g/mol. The van der Waals surface area contributed by atoms with Crippen molar-refractivity contribution in [2.24, 2.45) is 0 Å². The number of rotatable bonds is 10. The number of hydrogen-bond acceptors (Lipinski definition) is 7. The van der Waals surface area contributed by atoms with Crippen LogP contribution in [0.3, 0.4) is 0 Å². The molecule has 1 saturated carbocycles. The fourth-order valence-electron chi connectivity index (χ4n) is 4.81. The van der Waals surface area contributed by atoms with E-state index in [1.807, 2.05) is 55.5 Å². The third kappa shape index (κ3) is 6.34. The van der Waals surface area contributed by atoms with Crippen LogP contribution < -0.4 is 10.1 Å². The Bertz CT molecular complexity index is 1380. The van der Waals surface area contributed by atoms with Gasteiger partial charge in [-0.25, -0.2) is 0 Å². The summed E-state index contributed by atoms with van der Waals surface area (Å²) in [4.78, 5) is 30.3. The van der Waals surface area contributed by atoms with Crippen molar-refractivity contribution in [3.05, 3.63) is 83.8 Å². The molecular weight excluding hydrogens is 496 g/mol. The van der Waals surface area contributed by atoms with Crippen LogP contribution in [-0.2, 0) is 22.7 Å². The van der Waals surface area contributed by atoms with Gasteiger partial charge in [0.25, 0.3) is 5.91 Å². The first-order valence-corrected chi connectivity index (χ1v) is 13.1. The molecule has 202 valence electrons. The molecule has 39 heavy (non-hydrogen) atoms. The lowest BCUT2D eigenvalue weighted by Gasteiger charge is -2.30. The molecule has 2 heterocycles. The average molecular weight is 529 g/mol. The molecule has 2 amide bonds. The van der Waals surface area contributed by atoms with Crippen molar-refractivity contribution in [1.29, 1.82) is 0 Å². The van der Waals surface area contributed by atoms with E-state index in [1.54, 1.807) is 19.2 Å². The molecule has 0 spiro atoms. The number of benzene rings is 2. The normalized spacial score (nSPS) is 14.2. The van der Waals surface area contributed by atoms with E-state index < -0.39 is 6.04 Å². The number of ether oxygens (including phenoxy) is 1. The molecule has 5 rings (SSSR count). The minimum absolute atomic E-state index is 0.0851. The van der Waals surface area contributed by atoms with Crippen molar-refractivity contribution in [1.82, 2.24) is 30.4 Å². The molecule has 1 aliphatic carbocycles. The van der Waals surface area contributed by atoms with Crippen molar-refractivity contribution < 1.29 is 18.7 Å². The first kappa shape index (κ1) is 26.1. The molecule has 4 aromatic rings. The van der Waals surface area contributed by atoms with E-state index in [0.29, 0.717) is 17.3 Å². The van der Waals surface area contributed by atoms with Gasteiger partial charge in [0.15, 0.2) is 6.04 Å². The van der Waals surface area contributed by atoms with Gasteiger partial charge < -0.3 is 19.4 Å². The number of aryl methyl sites for hydroxylation is 1. The fourth-order valence-corrected chi connectivity index (χ4v) is 4.81. The molecule has 2 aromatic carbocycles. The van der Waals surface area contributed by atoms with E-state index in [9.17, 15) is 9.59 Å². The number of carbonyl (C=O) groups excluding carboxylic acids is 2. The summed E-state index contributed by atoms with van der Waals surface area (Å²) in [5.74, 6) is 0.895. The highest BCUT2D eigenvalue weighted by Crippen LogP contribution is 2.27. The molecular formula is C29H32N6O4. The molecule has 1 fully saturated rings. The second-order valence-electron chi connectivity index (χ2n) is 9.79. The Hall–Kier alpha value is -4.47. The number of methoxy groups -OCH3 is 1. The lowest BCUT2D eigenvalue weighted by atomic mass is 10.1. The van der Waals surface area contributed by atoms with Gasteiger partial charge in [0.2, 0.25) is 11.7 Å². The first-order chi connectivity index (χ1) is 19.0. The summed E-state index contributed by atoms with van der Waals surface area (Å²) < 4.78 is 11.0. The molecule has 0 aliphatic heterocycles. The second kappa shape index (κ2) is 11.9. The third-order valence-electron chi connectivity index (χ3n) is 6.95. The van der Waals surface area contributed by atoms with Gasteiger partial charge in [-0.1, -0.05) is 54.8 Å². The SMILES string of the molecule is COc1ccc(CN(C(=O)Cn2nnc(-c3ccc(C)cc3)n2)[C@H](C(=O)NC2CCCC2)c2ccco2)cc1. The number of aromatic nitrogens is 4. The highest BCUT2D eigenvalue weighted by atomic mass is 16.5. The topological polar surface area (TPSA) is 115 Å². The number of carbonyl (C=O) groups is 2. The van der Waals surface area contributed by atoms with Crippen LogP contribution in [0.4, 0.5) is 0 Å². The van der Waals surface area contributed by atoms with Crippen LogP contribution in [0.2, 0.25) is 0 Å². The number of hydrogen-bond donors (Lipinski definition) is 1. The number of nitrogens with one attached hydrogen (secondary N) is 1. The van der Waals surface area contributed by atoms with Crippen molar-refractivity contribution in [3.8, 4) is 17.1 Å². The maximum Gasteiger partial charge on any atom is 0.250 e. The lowest BCUT2D eigenvalue weighted by molar-refractivity contribution is -0.143. The van der Waals surface area contributed by atoms with E-state index in [0.717, 1.165) is 42.4 Å². The van der Waals surface area contributed by atoms with Crippen LogP contribution in [0.1, 0.15) is 48.6 Å². The molecule has 2 aromatic heterocycles. The molecule has 0 unspecified atom stereocenters. The van der Waals surface area contributed by atoms with Crippen molar-refractivity contribution >= 4 is 11.8 Å². The molecule has 1 N–H and O–H groups in total. The van der Waals surface area contributed by atoms with Gasteiger partial charge in [-0.05, 0) is 54.8 Å². The molecule has 10 nitrogen and oxygen atoms in total. The zero-order valence-corrected chi connectivity index (χ0v) is 22.1. The summed E-state index contributed by atoms with van der Waals surface area (Å²) >= 11 is 0. The quantitative estimate of drug-likeness (QED) is 0.330. The molecule has 10 heteroatoms. The van der Waals surface area contributed by atoms with Crippen molar-refractivity contribution in [3.63, 3.8) is 0 Å². The lowest BCUT2D eigenvalue weighted by Crippen LogP contribution is -2.46. The zero-order valence-electron chi connectivity index (χ0n) is 22.1. The van der Waals surface area contributed by atoms with Gasteiger partial charge in [0.05, 0.1) is 13.4 Å². The van der Waals surface area contributed by atoms with Gasteiger partial charge >= 0.3 is 0 Å². The van der Waals surface area contributed by atoms with Crippen LogP contribution >= 0.6 is 0 Å². The van der Waals surface area contributed by atoms with Crippen LogP contribution in [0.5, 0.6) is 5.75 Å². The fraction of sp³-hybridized carbons (Fsp3) is 0.345. The zero-order chi connectivity index (χ0) is 27.2. The summed E-state index contributed by atoms with van der Waals surface area (Å²) in [7, 11) is 1.60. The van der Waals surface area contributed by atoms with E-state index in [-0.39, 0.29) is 30.9 Å². The van der Waals surface area contributed by atoms with E-state index >= 15 is 0 Å². The predicted molar refractivity (Wildman–Crippen MR) is 143 cm³/mol. The van der Waals surface area contributed by atoms with Crippen LogP contribution in [0, 0.1) is 6.92 Å². The molecule has 0 saturated heterocycles. The second-order valence-corrected chi connectivity index (χ2v) is 9.79. The maximum absolute atomic E-state index is 13.9. The summed E-state index contributed by atoms with van der Waals surface area (Å²) in [6, 6.07) is 17.7. The summed E-state index contributed by atoms with van der Waals surface area (Å²) in [5.41, 5.74) is 2.76. The van der Waals surface area contributed by atoms with Gasteiger partial charge in [0, 0.05) is 18.2 Å². The largest absolute Gasteiger partial charge is 0.497 e. The first-order valence-electron chi connectivity index (χ1n) is 13.1. The van der Waals surface area contributed by atoms with Crippen molar-refractivity contribution in [2.45, 2.75) is 57.8 Å². The van der Waals surface area contributed by atoms with E-state index in [4.69, 9.17) is 9.15 Å². The Labute approximate surface area is 227 Å². The number of nitrogens with zero attached hydrogens (tertiary/aromatic N) is 5. The maximum atomic E-state index is 13.9. The van der Waals surface area contributed by atoms with Crippen molar-refractivity contribution in [2.75, 3.05) is 7.11 Å². The highest BCUT2D eigenvalue weighted by molar-refractivity contribution is 5.88. The Kier molecular flexibility index (Phi) is 8.00. The van der Waals surface area contributed by atoms with Crippen LogP contribution in [0.15, 0.2) is 71.3 Å². The Morgan fingerprint density at radius 3 is 2.51 bits per heavy atom. The van der Waals surface area contributed by atoms with Gasteiger partial charge in [-0.3, -0.25) is 9.59 Å². The minimum Gasteiger partial charge on any atom is -0.497 e. The van der Waals surface area contributed by atoms with Gasteiger partial charge in [0.1, 0.15) is 18.1 Å². The predicted octanol–water partition coefficient (Wildman–Crippen LogP) is 4.08. The summed E-state index contributed by atoms with van der Waals surface area (Å²) in [5, 5.41) is 15.8. The molecule has 0 radical (unpaired) electrons. The smallest absolute Gasteiger partial charge is 0.250 e. The van der Waals surface area contributed by atoms with Gasteiger partial charge in [-0.15, -0.1) is 10.2 Å². The molecule has 0 bridgehead atoms.